The van der Waals surface area contributed by atoms with E-state index >= 15 is 0 Å². The van der Waals surface area contributed by atoms with E-state index in [1.54, 1.807) is 0 Å². The Morgan fingerprint density at radius 3 is 2.29 bits per heavy atom. The topological polar surface area (TPSA) is 49.8 Å². The standard InChI is InChI=1S/C20H22N4/c1-14-7-9-18(10-8-14)24-20-12-19(22-16(3)23-20)21-13-17-6-4-5-15(2)11-17/h4-12H,13H2,1-3H3,(H2,21,22,23,24). The lowest BCUT2D eigenvalue weighted by Gasteiger charge is -2.11. The summed E-state index contributed by atoms with van der Waals surface area (Å²) in [6, 6.07) is 18.6. The molecule has 0 atom stereocenters. The van der Waals surface area contributed by atoms with Gasteiger partial charge in [-0.05, 0) is 38.5 Å². The van der Waals surface area contributed by atoms with Crippen LogP contribution in [0.15, 0.2) is 54.6 Å². The van der Waals surface area contributed by atoms with Crippen LogP contribution in [0, 0.1) is 20.8 Å². The molecule has 0 aliphatic rings. The van der Waals surface area contributed by atoms with Crippen molar-refractivity contribution >= 4 is 17.3 Å². The summed E-state index contributed by atoms with van der Waals surface area (Å²) in [5, 5.41) is 6.70. The van der Waals surface area contributed by atoms with E-state index in [2.05, 4.69) is 70.8 Å². The first-order chi connectivity index (χ1) is 11.6. The Morgan fingerprint density at radius 2 is 1.54 bits per heavy atom. The SMILES string of the molecule is Cc1ccc(Nc2cc(NCc3cccc(C)c3)nc(C)n2)cc1. The Hall–Kier alpha value is -2.88. The molecule has 0 aliphatic carbocycles. The summed E-state index contributed by atoms with van der Waals surface area (Å²) in [6.07, 6.45) is 0. The fourth-order valence-electron chi connectivity index (χ4n) is 2.52. The second kappa shape index (κ2) is 7.13. The summed E-state index contributed by atoms with van der Waals surface area (Å²) >= 11 is 0. The molecule has 1 aromatic heterocycles. The van der Waals surface area contributed by atoms with Crippen LogP contribution in [0.5, 0.6) is 0 Å². The number of aryl methyl sites for hydroxylation is 3. The highest BCUT2D eigenvalue weighted by Gasteiger charge is 2.03. The first kappa shape index (κ1) is 16.0. The minimum absolute atomic E-state index is 0.735. The Balaban J connectivity index is 1.72. The van der Waals surface area contributed by atoms with Crippen molar-refractivity contribution < 1.29 is 0 Å². The molecule has 0 radical (unpaired) electrons. The molecule has 24 heavy (non-hydrogen) atoms. The second-order valence-electron chi connectivity index (χ2n) is 6.02. The zero-order valence-corrected chi connectivity index (χ0v) is 14.3. The van der Waals surface area contributed by atoms with Gasteiger partial charge in [-0.25, -0.2) is 9.97 Å². The van der Waals surface area contributed by atoms with Crippen LogP contribution in [-0.2, 0) is 6.54 Å². The molecule has 3 rings (SSSR count). The van der Waals surface area contributed by atoms with E-state index in [0.29, 0.717) is 0 Å². The summed E-state index contributed by atoms with van der Waals surface area (Å²) in [5.74, 6) is 2.34. The van der Waals surface area contributed by atoms with Crippen molar-refractivity contribution in [2.45, 2.75) is 27.3 Å². The highest BCUT2D eigenvalue weighted by Crippen LogP contribution is 2.18. The first-order valence-corrected chi connectivity index (χ1v) is 8.07. The molecular formula is C20H22N4. The van der Waals surface area contributed by atoms with Gasteiger partial charge in [0.15, 0.2) is 0 Å². The molecule has 0 amide bonds. The molecule has 0 aliphatic heterocycles. The zero-order valence-electron chi connectivity index (χ0n) is 14.3. The smallest absolute Gasteiger partial charge is 0.136 e. The average molecular weight is 318 g/mol. The number of nitrogens with zero attached hydrogens (tertiary/aromatic N) is 2. The van der Waals surface area contributed by atoms with Gasteiger partial charge in [0.1, 0.15) is 17.5 Å². The van der Waals surface area contributed by atoms with Gasteiger partial charge in [0, 0.05) is 18.3 Å². The molecule has 0 saturated carbocycles. The molecule has 122 valence electrons. The van der Waals surface area contributed by atoms with Crippen LogP contribution in [0.4, 0.5) is 17.3 Å². The lowest BCUT2D eigenvalue weighted by atomic mass is 10.1. The summed E-state index contributed by atoms with van der Waals surface area (Å²) in [6.45, 7) is 6.81. The fourth-order valence-corrected chi connectivity index (χ4v) is 2.52. The third kappa shape index (κ3) is 4.32. The van der Waals surface area contributed by atoms with Crippen molar-refractivity contribution in [1.82, 2.24) is 9.97 Å². The quantitative estimate of drug-likeness (QED) is 0.712. The molecule has 3 aromatic rings. The molecule has 0 bridgehead atoms. The van der Waals surface area contributed by atoms with Crippen LogP contribution in [0.1, 0.15) is 22.5 Å². The van der Waals surface area contributed by atoms with Crippen molar-refractivity contribution in [3.8, 4) is 0 Å². The Morgan fingerprint density at radius 1 is 0.792 bits per heavy atom. The van der Waals surface area contributed by atoms with E-state index in [1.807, 2.05) is 25.1 Å². The van der Waals surface area contributed by atoms with Gasteiger partial charge in [0.25, 0.3) is 0 Å². The number of aromatic nitrogens is 2. The van der Waals surface area contributed by atoms with E-state index in [0.717, 1.165) is 29.7 Å². The van der Waals surface area contributed by atoms with E-state index in [9.17, 15) is 0 Å². The highest BCUT2D eigenvalue weighted by molar-refractivity contribution is 5.59. The predicted octanol–water partition coefficient (Wildman–Crippen LogP) is 4.76. The van der Waals surface area contributed by atoms with Gasteiger partial charge < -0.3 is 10.6 Å². The molecule has 1 heterocycles. The maximum atomic E-state index is 4.46. The van der Waals surface area contributed by atoms with Crippen molar-refractivity contribution in [3.05, 3.63) is 77.1 Å². The second-order valence-corrected chi connectivity index (χ2v) is 6.02. The van der Waals surface area contributed by atoms with Gasteiger partial charge in [-0.15, -0.1) is 0 Å². The van der Waals surface area contributed by atoms with Crippen LogP contribution >= 0.6 is 0 Å². The van der Waals surface area contributed by atoms with Crippen molar-refractivity contribution in [2.75, 3.05) is 10.6 Å². The zero-order chi connectivity index (χ0) is 16.9. The summed E-state index contributed by atoms with van der Waals surface area (Å²) in [5.41, 5.74) is 4.75. The van der Waals surface area contributed by atoms with Gasteiger partial charge in [-0.3, -0.25) is 0 Å². The maximum absolute atomic E-state index is 4.46. The maximum Gasteiger partial charge on any atom is 0.136 e. The van der Waals surface area contributed by atoms with E-state index in [4.69, 9.17) is 0 Å². The third-order valence-electron chi connectivity index (χ3n) is 3.72. The first-order valence-electron chi connectivity index (χ1n) is 8.07. The predicted molar refractivity (Wildman–Crippen MR) is 99.7 cm³/mol. The van der Waals surface area contributed by atoms with Crippen LogP contribution in [0.2, 0.25) is 0 Å². The number of benzene rings is 2. The van der Waals surface area contributed by atoms with Gasteiger partial charge in [-0.2, -0.15) is 0 Å². The molecule has 0 saturated heterocycles. The van der Waals surface area contributed by atoms with Crippen molar-refractivity contribution in [3.63, 3.8) is 0 Å². The molecule has 2 aromatic carbocycles. The number of nitrogens with one attached hydrogen (secondary N) is 2. The molecule has 0 unspecified atom stereocenters. The van der Waals surface area contributed by atoms with Gasteiger partial charge in [0.05, 0.1) is 0 Å². The van der Waals surface area contributed by atoms with E-state index in [-0.39, 0.29) is 0 Å². The molecule has 2 N–H and O–H groups in total. The van der Waals surface area contributed by atoms with E-state index < -0.39 is 0 Å². The summed E-state index contributed by atoms with van der Waals surface area (Å²) < 4.78 is 0. The Kier molecular flexibility index (Phi) is 4.75. The minimum Gasteiger partial charge on any atom is -0.366 e. The molecule has 4 heteroatoms. The van der Waals surface area contributed by atoms with Gasteiger partial charge >= 0.3 is 0 Å². The highest BCUT2D eigenvalue weighted by atomic mass is 15.1. The van der Waals surface area contributed by atoms with Crippen LogP contribution in [0.3, 0.4) is 0 Å². The van der Waals surface area contributed by atoms with Crippen LogP contribution < -0.4 is 10.6 Å². The van der Waals surface area contributed by atoms with Gasteiger partial charge in [-0.1, -0.05) is 47.5 Å². The number of rotatable bonds is 5. The van der Waals surface area contributed by atoms with Crippen LogP contribution in [-0.4, -0.2) is 9.97 Å². The molecule has 4 nitrogen and oxygen atoms in total. The van der Waals surface area contributed by atoms with Crippen LogP contribution in [0.25, 0.3) is 0 Å². The Labute approximate surface area is 143 Å². The normalized spacial score (nSPS) is 10.5. The number of anilines is 3. The molecular weight excluding hydrogens is 296 g/mol. The summed E-state index contributed by atoms with van der Waals surface area (Å²) in [4.78, 5) is 8.92. The monoisotopic (exact) mass is 318 g/mol. The lowest BCUT2D eigenvalue weighted by Crippen LogP contribution is -2.05. The largest absolute Gasteiger partial charge is 0.366 e. The third-order valence-corrected chi connectivity index (χ3v) is 3.72. The lowest BCUT2D eigenvalue weighted by molar-refractivity contribution is 1.02. The molecule has 0 spiro atoms. The van der Waals surface area contributed by atoms with Gasteiger partial charge in [0.2, 0.25) is 0 Å². The van der Waals surface area contributed by atoms with Crippen molar-refractivity contribution in [2.24, 2.45) is 0 Å². The van der Waals surface area contributed by atoms with Crippen molar-refractivity contribution in [1.29, 1.82) is 0 Å². The fraction of sp³-hybridized carbons (Fsp3) is 0.200. The number of hydrogen-bond donors (Lipinski definition) is 2. The molecule has 0 fully saturated rings. The summed E-state index contributed by atoms with van der Waals surface area (Å²) in [7, 11) is 0. The van der Waals surface area contributed by atoms with E-state index in [1.165, 1.54) is 16.7 Å². The minimum atomic E-state index is 0.735. The average Bonchev–Trinajstić information content (AvgIpc) is 2.55. The number of hydrogen-bond acceptors (Lipinski definition) is 4. The Bertz CT molecular complexity index is 825.